The second kappa shape index (κ2) is 6.25. The molecule has 5 nitrogen and oxygen atoms in total. The molecular weight excluding hydrogens is 212 g/mol. The van der Waals surface area contributed by atoms with E-state index in [2.05, 4.69) is 12.6 Å². The van der Waals surface area contributed by atoms with E-state index in [9.17, 15) is 9.59 Å². The van der Waals surface area contributed by atoms with Crippen LogP contribution < -0.4 is 11.5 Å². The number of carbonyl (C=O) groups is 2. The van der Waals surface area contributed by atoms with Gasteiger partial charge in [-0.15, -0.1) is 0 Å². The highest BCUT2D eigenvalue weighted by Gasteiger charge is 2.17. The van der Waals surface area contributed by atoms with Crippen molar-refractivity contribution >= 4 is 35.5 Å². The number of nitrogens with two attached hydrogens (primary N) is 2. The van der Waals surface area contributed by atoms with E-state index in [1.807, 2.05) is 0 Å². The second-order valence-electron chi connectivity index (χ2n) is 2.36. The van der Waals surface area contributed by atoms with Gasteiger partial charge in [0.2, 0.25) is 5.12 Å². The summed E-state index contributed by atoms with van der Waals surface area (Å²) >= 11 is 4.66. The number of thiol groups is 1. The van der Waals surface area contributed by atoms with Gasteiger partial charge < -0.3 is 16.6 Å². The van der Waals surface area contributed by atoms with Gasteiger partial charge in [-0.25, -0.2) is 0 Å². The van der Waals surface area contributed by atoms with Crippen molar-refractivity contribution in [3.05, 3.63) is 0 Å². The summed E-state index contributed by atoms with van der Waals surface area (Å²) in [7, 11) is 0. The van der Waals surface area contributed by atoms with Gasteiger partial charge in [0.1, 0.15) is 6.04 Å². The Morgan fingerprint density at radius 1 is 1.38 bits per heavy atom. The molecule has 7 heteroatoms. The van der Waals surface area contributed by atoms with Gasteiger partial charge in [0, 0.05) is 11.5 Å². The van der Waals surface area contributed by atoms with Crippen molar-refractivity contribution in [2.45, 2.75) is 12.1 Å². The molecule has 0 saturated carbocycles. The number of thioether (sulfide) groups is 1. The van der Waals surface area contributed by atoms with Crippen LogP contribution in [0.3, 0.4) is 0 Å². The van der Waals surface area contributed by atoms with Crippen LogP contribution in [0.1, 0.15) is 0 Å². The molecule has 0 heterocycles. The Morgan fingerprint density at radius 3 is 2.31 bits per heavy atom. The normalized spacial score (nSPS) is 15.0. The van der Waals surface area contributed by atoms with Crippen LogP contribution in [0.4, 0.5) is 0 Å². The molecule has 76 valence electrons. The van der Waals surface area contributed by atoms with Gasteiger partial charge >= 0.3 is 5.97 Å². The van der Waals surface area contributed by atoms with Crippen LogP contribution in [0, 0.1) is 0 Å². The first-order valence-electron chi connectivity index (χ1n) is 3.50. The first-order valence-corrected chi connectivity index (χ1v) is 5.12. The van der Waals surface area contributed by atoms with Crippen LogP contribution >= 0.6 is 24.4 Å². The van der Waals surface area contributed by atoms with Crippen molar-refractivity contribution in [2.75, 3.05) is 11.5 Å². The van der Waals surface area contributed by atoms with Gasteiger partial charge in [-0.05, 0) is 0 Å². The third-order valence-corrected chi connectivity index (χ3v) is 2.73. The molecule has 0 aromatic carbocycles. The van der Waals surface area contributed by atoms with Crippen molar-refractivity contribution in [3.63, 3.8) is 0 Å². The molecule has 13 heavy (non-hydrogen) atoms. The van der Waals surface area contributed by atoms with E-state index in [0.717, 1.165) is 11.8 Å². The van der Waals surface area contributed by atoms with E-state index in [-0.39, 0.29) is 16.6 Å². The summed E-state index contributed by atoms with van der Waals surface area (Å²) in [4.78, 5) is 21.3. The molecule has 0 radical (unpaired) electrons. The maximum absolute atomic E-state index is 11.0. The van der Waals surface area contributed by atoms with Gasteiger partial charge in [0.15, 0.2) is 0 Å². The summed E-state index contributed by atoms with van der Waals surface area (Å²) < 4.78 is 0. The monoisotopic (exact) mass is 224 g/mol. The molecule has 2 atom stereocenters. The van der Waals surface area contributed by atoms with Crippen molar-refractivity contribution in [1.29, 1.82) is 0 Å². The van der Waals surface area contributed by atoms with Gasteiger partial charge in [-0.2, -0.15) is 12.6 Å². The van der Waals surface area contributed by atoms with Gasteiger partial charge in [-0.3, -0.25) is 9.59 Å². The molecule has 0 rings (SSSR count). The van der Waals surface area contributed by atoms with Crippen LogP contribution in [-0.2, 0) is 9.59 Å². The molecule has 0 spiro atoms. The number of aliphatic carboxylic acids is 1. The van der Waals surface area contributed by atoms with Crippen LogP contribution in [-0.4, -0.2) is 39.8 Å². The number of carboxylic acid groups (broad SMARTS) is 1. The molecule has 0 aromatic heterocycles. The van der Waals surface area contributed by atoms with E-state index in [1.54, 1.807) is 0 Å². The first-order chi connectivity index (χ1) is 5.99. The number of carbonyl (C=O) groups excluding carboxylic acids is 1. The quantitative estimate of drug-likeness (QED) is 0.442. The third-order valence-electron chi connectivity index (χ3n) is 1.22. The van der Waals surface area contributed by atoms with E-state index >= 15 is 0 Å². The Balaban J connectivity index is 3.76. The Bertz CT molecular complexity index is 200. The van der Waals surface area contributed by atoms with E-state index < -0.39 is 18.1 Å². The zero-order valence-electron chi connectivity index (χ0n) is 6.84. The van der Waals surface area contributed by atoms with Gasteiger partial charge in [0.05, 0.1) is 6.04 Å². The zero-order valence-corrected chi connectivity index (χ0v) is 8.55. The Morgan fingerprint density at radius 2 is 1.92 bits per heavy atom. The SMILES string of the molecule is NC(CSC(=O)C(N)CS)C(=O)O. The lowest BCUT2D eigenvalue weighted by molar-refractivity contribution is -0.137. The largest absolute Gasteiger partial charge is 0.480 e. The van der Waals surface area contributed by atoms with Crippen LogP contribution in [0.5, 0.6) is 0 Å². The highest BCUT2D eigenvalue weighted by molar-refractivity contribution is 8.13. The second-order valence-corrected chi connectivity index (χ2v) is 3.75. The summed E-state index contributed by atoms with van der Waals surface area (Å²) in [5.74, 6) is -0.844. The molecule has 5 N–H and O–H groups in total. The molecule has 0 aromatic rings. The Kier molecular flexibility index (Phi) is 6.13. The van der Waals surface area contributed by atoms with E-state index in [1.165, 1.54) is 0 Å². The van der Waals surface area contributed by atoms with Crippen molar-refractivity contribution in [3.8, 4) is 0 Å². The number of carboxylic acids is 1. The van der Waals surface area contributed by atoms with Crippen molar-refractivity contribution < 1.29 is 14.7 Å². The van der Waals surface area contributed by atoms with Crippen LogP contribution in [0.2, 0.25) is 0 Å². The molecule has 2 unspecified atom stereocenters. The fraction of sp³-hybridized carbons (Fsp3) is 0.667. The Hall–Kier alpha value is -0.240. The molecule has 0 fully saturated rings. The van der Waals surface area contributed by atoms with Gasteiger partial charge in [-0.1, -0.05) is 11.8 Å². The molecule has 0 bridgehead atoms. The topological polar surface area (TPSA) is 106 Å². The summed E-state index contributed by atoms with van der Waals surface area (Å²) in [5.41, 5.74) is 10.5. The minimum Gasteiger partial charge on any atom is -0.480 e. The zero-order chi connectivity index (χ0) is 10.4. The Labute approximate surface area is 85.6 Å². The smallest absolute Gasteiger partial charge is 0.321 e. The van der Waals surface area contributed by atoms with Crippen LogP contribution in [0.25, 0.3) is 0 Å². The highest BCUT2D eigenvalue weighted by Crippen LogP contribution is 2.06. The average molecular weight is 224 g/mol. The standard InChI is InChI=1S/C6H12N2O3S2/c7-3(1-12)6(11)13-2-4(8)5(9)10/h3-4,12H,1-2,7-8H2,(H,9,10). The average Bonchev–Trinajstić information content (AvgIpc) is 2.11. The fourth-order valence-corrected chi connectivity index (χ4v) is 1.50. The predicted molar refractivity (Wildman–Crippen MR) is 54.9 cm³/mol. The summed E-state index contributed by atoms with van der Waals surface area (Å²) in [6, 6.07) is -1.68. The lowest BCUT2D eigenvalue weighted by Gasteiger charge is -2.08. The molecule has 0 aliphatic rings. The summed E-state index contributed by atoms with van der Waals surface area (Å²) in [6.07, 6.45) is 0. The first kappa shape index (κ1) is 12.8. The lowest BCUT2D eigenvalue weighted by Crippen LogP contribution is -2.35. The highest BCUT2D eigenvalue weighted by atomic mass is 32.2. The number of rotatable bonds is 5. The molecule has 0 aliphatic heterocycles. The summed E-state index contributed by atoms with van der Waals surface area (Å²) in [6.45, 7) is 0. The predicted octanol–water partition coefficient (Wildman–Crippen LogP) is -1.08. The fourth-order valence-electron chi connectivity index (χ4n) is 0.425. The molecule has 0 amide bonds. The molecule has 0 aliphatic carbocycles. The summed E-state index contributed by atoms with van der Waals surface area (Å²) in [5, 5.41) is 8.11. The maximum atomic E-state index is 11.0. The molecule has 0 saturated heterocycles. The van der Waals surface area contributed by atoms with Crippen molar-refractivity contribution in [2.24, 2.45) is 11.5 Å². The molecular formula is C6H12N2O3S2. The minimum atomic E-state index is -1.13. The minimum absolute atomic E-state index is 0.0373. The van der Waals surface area contributed by atoms with E-state index in [4.69, 9.17) is 16.6 Å². The van der Waals surface area contributed by atoms with Crippen molar-refractivity contribution in [1.82, 2.24) is 0 Å². The van der Waals surface area contributed by atoms with Gasteiger partial charge in [0.25, 0.3) is 0 Å². The third kappa shape index (κ3) is 5.14. The van der Waals surface area contributed by atoms with Crippen LogP contribution in [0.15, 0.2) is 0 Å². The number of hydrogen-bond donors (Lipinski definition) is 4. The maximum Gasteiger partial charge on any atom is 0.321 e. The van der Waals surface area contributed by atoms with E-state index in [0.29, 0.717) is 0 Å². The lowest BCUT2D eigenvalue weighted by atomic mass is 10.4. The number of hydrogen-bond acceptors (Lipinski definition) is 6.